The molecule has 0 spiro atoms. The van der Waals surface area contributed by atoms with Crippen molar-refractivity contribution in [2.75, 3.05) is 19.8 Å². The average Bonchev–Trinajstić information content (AvgIpc) is 2.99. The molecule has 3 unspecified atom stereocenters. The summed E-state index contributed by atoms with van der Waals surface area (Å²) in [7, 11) is -4.31. The molecular formula is C34H63N2O6P. The van der Waals surface area contributed by atoms with Crippen LogP contribution < -0.4 is 11.1 Å². The summed E-state index contributed by atoms with van der Waals surface area (Å²) in [5.74, 6) is -0.193. The highest BCUT2D eigenvalue weighted by molar-refractivity contribution is 7.47. The van der Waals surface area contributed by atoms with E-state index in [1.54, 1.807) is 0 Å². The second-order valence-electron chi connectivity index (χ2n) is 11.0. The van der Waals surface area contributed by atoms with Crippen LogP contribution in [0.25, 0.3) is 0 Å². The molecule has 0 heterocycles. The molecule has 0 aliphatic rings. The predicted molar refractivity (Wildman–Crippen MR) is 180 cm³/mol. The quantitative estimate of drug-likeness (QED) is 0.0359. The van der Waals surface area contributed by atoms with Crippen LogP contribution >= 0.6 is 7.82 Å². The largest absolute Gasteiger partial charge is 0.472 e. The zero-order chi connectivity index (χ0) is 31.9. The van der Waals surface area contributed by atoms with Crippen molar-refractivity contribution in [3.63, 3.8) is 0 Å². The summed E-state index contributed by atoms with van der Waals surface area (Å²) in [6.45, 7) is 3.98. The van der Waals surface area contributed by atoms with Crippen LogP contribution in [0.2, 0.25) is 0 Å². The molecule has 0 rings (SSSR count). The molecular weight excluding hydrogens is 563 g/mol. The molecule has 0 aromatic rings. The Morgan fingerprint density at radius 1 is 0.791 bits per heavy atom. The second-order valence-corrected chi connectivity index (χ2v) is 12.4. The van der Waals surface area contributed by atoms with Crippen LogP contribution in [0, 0.1) is 0 Å². The highest BCUT2D eigenvalue weighted by Crippen LogP contribution is 2.43. The van der Waals surface area contributed by atoms with Gasteiger partial charge in [-0.1, -0.05) is 120 Å². The minimum Gasteiger partial charge on any atom is -0.391 e. The summed E-state index contributed by atoms with van der Waals surface area (Å²) in [4.78, 5) is 22.5. The molecule has 0 bridgehead atoms. The van der Waals surface area contributed by atoms with Gasteiger partial charge < -0.3 is 21.1 Å². The van der Waals surface area contributed by atoms with Crippen LogP contribution in [0.1, 0.15) is 129 Å². The van der Waals surface area contributed by atoms with Crippen LogP contribution in [0.5, 0.6) is 0 Å². The molecule has 3 atom stereocenters. The lowest BCUT2D eigenvalue weighted by Crippen LogP contribution is -2.46. The average molecular weight is 627 g/mol. The molecule has 9 heteroatoms. The minimum atomic E-state index is -4.31. The summed E-state index contributed by atoms with van der Waals surface area (Å²) >= 11 is 0. The van der Waals surface area contributed by atoms with Gasteiger partial charge >= 0.3 is 7.82 Å². The number of nitrogens with two attached hydrogens (primary N) is 1. The highest BCUT2D eigenvalue weighted by atomic mass is 31.2. The third-order valence-electron chi connectivity index (χ3n) is 6.95. The predicted octanol–water partition coefficient (Wildman–Crippen LogP) is 8.21. The first-order valence-corrected chi connectivity index (χ1v) is 18.2. The molecule has 0 radical (unpaired) electrons. The monoisotopic (exact) mass is 626 g/mol. The van der Waals surface area contributed by atoms with Crippen molar-refractivity contribution in [2.45, 2.75) is 142 Å². The fourth-order valence-electron chi connectivity index (χ4n) is 4.42. The van der Waals surface area contributed by atoms with Crippen LogP contribution in [0.4, 0.5) is 0 Å². The molecule has 5 N–H and O–H groups in total. The standard InChI is InChI=1S/C34H63N2O6P/c1-3-5-7-9-11-12-13-14-15-16-17-18-19-20-22-24-26-28-34(38)36-32(31-42-43(39,40)41-30-29-35)33(37)27-25-23-21-10-8-6-4-2/h5,7,11-12,14-15,17-18,32-33,37H,3-4,6,8-10,13,16,19-31,35H2,1-2H3,(H,36,38)(H,39,40)/b7-5-,12-11-,15-14-,18-17-. The van der Waals surface area contributed by atoms with E-state index in [-0.39, 0.29) is 25.7 Å². The first-order chi connectivity index (χ1) is 20.9. The number of aliphatic hydroxyl groups excluding tert-OH is 1. The van der Waals surface area contributed by atoms with E-state index < -0.39 is 20.0 Å². The van der Waals surface area contributed by atoms with Crippen molar-refractivity contribution >= 4 is 13.7 Å². The van der Waals surface area contributed by atoms with Gasteiger partial charge in [0.1, 0.15) is 0 Å². The Kier molecular flexibility index (Phi) is 29.4. The summed E-state index contributed by atoms with van der Waals surface area (Å²) in [6, 6.07) is -0.785. The molecule has 0 saturated heterocycles. The number of carbonyl (C=O) groups is 1. The summed E-state index contributed by atoms with van der Waals surface area (Å²) in [5.41, 5.74) is 5.33. The van der Waals surface area contributed by atoms with E-state index in [0.29, 0.717) is 12.8 Å². The summed E-state index contributed by atoms with van der Waals surface area (Å²) < 4.78 is 21.9. The Balaban J connectivity index is 4.29. The topological polar surface area (TPSA) is 131 Å². The van der Waals surface area contributed by atoms with Crippen molar-refractivity contribution in [1.29, 1.82) is 0 Å². The van der Waals surface area contributed by atoms with Gasteiger partial charge in [-0.15, -0.1) is 0 Å². The van der Waals surface area contributed by atoms with Crippen molar-refractivity contribution in [1.82, 2.24) is 5.32 Å². The van der Waals surface area contributed by atoms with Gasteiger partial charge in [0.25, 0.3) is 0 Å². The van der Waals surface area contributed by atoms with Crippen molar-refractivity contribution in [3.05, 3.63) is 48.6 Å². The summed E-state index contributed by atoms with van der Waals surface area (Å²) in [6.07, 6.45) is 34.2. The van der Waals surface area contributed by atoms with Gasteiger partial charge in [0, 0.05) is 13.0 Å². The number of carbonyl (C=O) groups excluding carboxylic acids is 1. The third-order valence-corrected chi connectivity index (χ3v) is 7.93. The Labute approximate surface area is 262 Å². The number of phosphoric ester groups is 1. The van der Waals surface area contributed by atoms with Gasteiger partial charge in [-0.05, 0) is 51.4 Å². The van der Waals surface area contributed by atoms with Gasteiger partial charge in [0.15, 0.2) is 0 Å². The number of unbranched alkanes of at least 4 members (excludes halogenated alkanes) is 10. The third kappa shape index (κ3) is 29.0. The molecule has 8 nitrogen and oxygen atoms in total. The van der Waals surface area contributed by atoms with Gasteiger partial charge in [0.05, 0.1) is 25.4 Å². The number of allylic oxidation sites excluding steroid dienone is 8. The van der Waals surface area contributed by atoms with Gasteiger partial charge in [0.2, 0.25) is 5.91 Å². The van der Waals surface area contributed by atoms with Crippen LogP contribution in [0.3, 0.4) is 0 Å². The van der Waals surface area contributed by atoms with Crippen molar-refractivity contribution < 1.29 is 28.4 Å². The summed E-state index contributed by atoms with van der Waals surface area (Å²) in [5, 5.41) is 13.6. The molecule has 43 heavy (non-hydrogen) atoms. The SMILES string of the molecule is CC/C=C\C/C=C\C/C=C\C/C=C\CCCCCCC(=O)NC(COP(=O)(O)OCCN)C(O)CCCCCCCCC. The number of aliphatic hydroxyl groups is 1. The Bertz CT molecular complexity index is 815. The molecule has 0 aliphatic carbocycles. The lowest BCUT2D eigenvalue weighted by molar-refractivity contribution is -0.123. The minimum absolute atomic E-state index is 0.0817. The lowest BCUT2D eigenvalue weighted by Gasteiger charge is -2.25. The number of amides is 1. The molecule has 0 aliphatic heterocycles. The van der Waals surface area contributed by atoms with E-state index in [1.807, 2.05) is 0 Å². The first-order valence-electron chi connectivity index (χ1n) is 16.8. The first kappa shape index (κ1) is 41.5. The number of phosphoric acid groups is 1. The highest BCUT2D eigenvalue weighted by Gasteiger charge is 2.27. The number of hydrogen-bond donors (Lipinski definition) is 4. The normalized spacial score (nSPS) is 15.2. The van der Waals surface area contributed by atoms with Crippen molar-refractivity contribution in [3.8, 4) is 0 Å². The van der Waals surface area contributed by atoms with Crippen LogP contribution in [-0.4, -0.2) is 47.8 Å². The van der Waals surface area contributed by atoms with E-state index in [9.17, 15) is 19.4 Å². The van der Waals surface area contributed by atoms with Crippen LogP contribution in [-0.2, 0) is 18.4 Å². The van der Waals surface area contributed by atoms with E-state index in [4.69, 9.17) is 14.8 Å². The van der Waals surface area contributed by atoms with E-state index in [1.165, 1.54) is 25.7 Å². The van der Waals surface area contributed by atoms with Gasteiger partial charge in [-0.25, -0.2) is 4.57 Å². The van der Waals surface area contributed by atoms with Crippen LogP contribution in [0.15, 0.2) is 48.6 Å². The molecule has 0 aromatic heterocycles. The van der Waals surface area contributed by atoms with E-state index >= 15 is 0 Å². The molecule has 250 valence electrons. The molecule has 0 saturated carbocycles. The maximum Gasteiger partial charge on any atom is 0.472 e. The Morgan fingerprint density at radius 2 is 1.35 bits per heavy atom. The van der Waals surface area contributed by atoms with Gasteiger partial charge in [-0.3, -0.25) is 13.8 Å². The van der Waals surface area contributed by atoms with Crippen molar-refractivity contribution in [2.24, 2.45) is 5.73 Å². The fourth-order valence-corrected chi connectivity index (χ4v) is 5.18. The number of rotatable bonds is 30. The maximum absolute atomic E-state index is 12.6. The Hall–Kier alpha value is -1.54. The van der Waals surface area contributed by atoms with Gasteiger partial charge in [-0.2, -0.15) is 0 Å². The zero-order valence-corrected chi connectivity index (χ0v) is 28.1. The number of hydrogen-bond acceptors (Lipinski definition) is 6. The zero-order valence-electron chi connectivity index (χ0n) is 27.2. The molecule has 1 amide bonds. The maximum atomic E-state index is 12.6. The molecule has 0 fully saturated rings. The molecule has 0 aromatic carbocycles. The lowest BCUT2D eigenvalue weighted by atomic mass is 10.0. The Morgan fingerprint density at radius 3 is 1.98 bits per heavy atom. The fraction of sp³-hybridized carbons (Fsp3) is 0.735. The second kappa shape index (κ2) is 30.5. The van der Waals surface area contributed by atoms with E-state index in [0.717, 1.165) is 77.0 Å². The van der Waals surface area contributed by atoms with E-state index in [2.05, 4.69) is 67.8 Å². The number of nitrogens with one attached hydrogen (secondary N) is 1. The smallest absolute Gasteiger partial charge is 0.391 e.